The number of hydrogen-bond donors (Lipinski definition) is 0. The fourth-order valence-corrected chi connectivity index (χ4v) is 1.94. The van der Waals surface area contributed by atoms with Gasteiger partial charge in [0.15, 0.2) is 0 Å². The minimum atomic E-state index is 0.464. The van der Waals surface area contributed by atoms with E-state index in [1.807, 2.05) is 12.1 Å². The average molecular weight is 240 g/mol. The van der Waals surface area contributed by atoms with Crippen LogP contribution in [0, 0.1) is 13.8 Å². The lowest BCUT2D eigenvalue weighted by atomic mass is 10.0. The van der Waals surface area contributed by atoms with Gasteiger partial charge < -0.3 is 4.74 Å². The molecule has 0 saturated heterocycles. The number of ether oxygens (including phenoxy) is 1. The van der Waals surface area contributed by atoms with Gasteiger partial charge in [0.05, 0.1) is 0 Å². The van der Waals surface area contributed by atoms with Crippen LogP contribution >= 0.6 is 0 Å². The number of hydrogen-bond acceptors (Lipinski definition) is 1. The molecule has 0 atom stereocenters. The molecule has 0 saturated carbocycles. The topological polar surface area (TPSA) is 9.23 Å². The van der Waals surface area contributed by atoms with Crippen LogP contribution in [0.15, 0.2) is 42.5 Å². The second-order valence-corrected chi connectivity index (χ2v) is 5.11. The van der Waals surface area contributed by atoms with Crippen LogP contribution in [-0.2, 0) is 0 Å². The highest BCUT2D eigenvalue weighted by Crippen LogP contribution is 2.31. The Kier molecular flexibility index (Phi) is 3.71. The van der Waals surface area contributed by atoms with Crippen molar-refractivity contribution in [2.75, 3.05) is 0 Å². The van der Waals surface area contributed by atoms with Crippen LogP contribution in [0.5, 0.6) is 11.5 Å². The smallest absolute Gasteiger partial charge is 0.131 e. The van der Waals surface area contributed by atoms with Gasteiger partial charge in [-0.3, -0.25) is 0 Å². The molecule has 0 aliphatic carbocycles. The zero-order chi connectivity index (χ0) is 13.1. The standard InChI is InChI=1S/C17H20O/c1-12(2)16-10-7-14(4)11-17(16)18-15-8-5-13(3)6-9-15/h5-12H,1-4H3. The molecule has 18 heavy (non-hydrogen) atoms. The molecule has 0 spiro atoms. The first-order valence-electron chi connectivity index (χ1n) is 6.41. The summed E-state index contributed by atoms with van der Waals surface area (Å²) >= 11 is 0. The summed E-state index contributed by atoms with van der Waals surface area (Å²) in [6.45, 7) is 8.54. The molecule has 2 rings (SSSR count). The second-order valence-electron chi connectivity index (χ2n) is 5.11. The molecule has 2 aromatic rings. The van der Waals surface area contributed by atoms with E-state index in [2.05, 4.69) is 58.0 Å². The highest BCUT2D eigenvalue weighted by molar-refractivity contribution is 5.42. The molecule has 0 bridgehead atoms. The third-order valence-electron chi connectivity index (χ3n) is 3.04. The lowest BCUT2D eigenvalue weighted by Gasteiger charge is -2.14. The van der Waals surface area contributed by atoms with E-state index in [0.717, 1.165) is 11.5 Å². The van der Waals surface area contributed by atoms with Crippen LogP contribution in [0.25, 0.3) is 0 Å². The van der Waals surface area contributed by atoms with Gasteiger partial charge in [-0.2, -0.15) is 0 Å². The van der Waals surface area contributed by atoms with Crippen molar-refractivity contribution in [3.8, 4) is 11.5 Å². The Hall–Kier alpha value is -1.76. The summed E-state index contributed by atoms with van der Waals surface area (Å²) in [7, 11) is 0. The summed E-state index contributed by atoms with van der Waals surface area (Å²) in [5.74, 6) is 2.33. The fourth-order valence-electron chi connectivity index (χ4n) is 1.94. The molecule has 0 heterocycles. The van der Waals surface area contributed by atoms with Crippen molar-refractivity contribution >= 4 is 0 Å². The summed E-state index contributed by atoms with van der Waals surface area (Å²) in [5.41, 5.74) is 3.72. The molecule has 0 aliphatic rings. The van der Waals surface area contributed by atoms with Crippen LogP contribution in [0.1, 0.15) is 36.5 Å². The minimum absolute atomic E-state index is 0.464. The van der Waals surface area contributed by atoms with Crippen LogP contribution in [0.4, 0.5) is 0 Å². The first-order chi connectivity index (χ1) is 8.56. The van der Waals surface area contributed by atoms with Gasteiger partial charge in [-0.1, -0.05) is 43.7 Å². The Bertz CT molecular complexity index is 524. The Morgan fingerprint density at radius 2 is 1.44 bits per heavy atom. The molecule has 1 heteroatoms. The SMILES string of the molecule is Cc1ccc(Oc2cc(C)ccc2C(C)C)cc1. The van der Waals surface area contributed by atoms with Gasteiger partial charge >= 0.3 is 0 Å². The zero-order valence-electron chi connectivity index (χ0n) is 11.5. The maximum absolute atomic E-state index is 6.01. The monoisotopic (exact) mass is 240 g/mol. The third-order valence-corrected chi connectivity index (χ3v) is 3.04. The number of aryl methyl sites for hydroxylation is 2. The number of benzene rings is 2. The Balaban J connectivity index is 2.32. The van der Waals surface area contributed by atoms with Crippen molar-refractivity contribution in [2.45, 2.75) is 33.6 Å². The van der Waals surface area contributed by atoms with Crippen molar-refractivity contribution in [2.24, 2.45) is 0 Å². The van der Waals surface area contributed by atoms with Crippen molar-refractivity contribution in [1.29, 1.82) is 0 Å². The van der Waals surface area contributed by atoms with Gasteiger partial charge in [0.25, 0.3) is 0 Å². The van der Waals surface area contributed by atoms with Crippen LogP contribution in [0.2, 0.25) is 0 Å². The van der Waals surface area contributed by atoms with Gasteiger partial charge in [0, 0.05) is 0 Å². The second kappa shape index (κ2) is 5.26. The molecule has 0 aromatic heterocycles. The molecular formula is C17H20O. The lowest BCUT2D eigenvalue weighted by Crippen LogP contribution is -1.94. The fraction of sp³-hybridized carbons (Fsp3) is 0.294. The normalized spacial score (nSPS) is 10.7. The van der Waals surface area contributed by atoms with Crippen molar-refractivity contribution < 1.29 is 4.74 Å². The average Bonchev–Trinajstić information content (AvgIpc) is 2.32. The summed E-state index contributed by atoms with van der Waals surface area (Å²) in [6, 6.07) is 14.6. The van der Waals surface area contributed by atoms with Crippen molar-refractivity contribution in [1.82, 2.24) is 0 Å². The molecule has 0 aliphatic heterocycles. The van der Waals surface area contributed by atoms with Gasteiger partial charge in [-0.05, 0) is 49.1 Å². The minimum Gasteiger partial charge on any atom is -0.457 e. The predicted octanol–water partition coefficient (Wildman–Crippen LogP) is 5.22. The van der Waals surface area contributed by atoms with Gasteiger partial charge in [0.1, 0.15) is 11.5 Å². The number of rotatable bonds is 3. The Morgan fingerprint density at radius 3 is 2.06 bits per heavy atom. The highest BCUT2D eigenvalue weighted by Gasteiger charge is 2.08. The quantitative estimate of drug-likeness (QED) is 0.714. The summed E-state index contributed by atoms with van der Waals surface area (Å²) in [5, 5.41) is 0. The molecule has 0 N–H and O–H groups in total. The maximum atomic E-state index is 6.01. The van der Waals surface area contributed by atoms with Crippen LogP contribution in [-0.4, -0.2) is 0 Å². The van der Waals surface area contributed by atoms with E-state index in [-0.39, 0.29) is 0 Å². The Labute approximate surface area is 109 Å². The first-order valence-corrected chi connectivity index (χ1v) is 6.41. The molecule has 1 nitrogen and oxygen atoms in total. The highest BCUT2D eigenvalue weighted by atomic mass is 16.5. The van der Waals surface area contributed by atoms with E-state index in [1.165, 1.54) is 16.7 Å². The maximum Gasteiger partial charge on any atom is 0.131 e. The van der Waals surface area contributed by atoms with Crippen LogP contribution in [0.3, 0.4) is 0 Å². The van der Waals surface area contributed by atoms with E-state index in [0.29, 0.717) is 5.92 Å². The largest absolute Gasteiger partial charge is 0.457 e. The molecule has 0 fully saturated rings. The first kappa shape index (κ1) is 12.7. The molecule has 2 aromatic carbocycles. The lowest BCUT2D eigenvalue weighted by molar-refractivity contribution is 0.472. The van der Waals surface area contributed by atoms with Crippen molar-refractivity contribution in [3.63, 3.8) is 0 Å². The van der Waals surface area contributed by atoms with E-state index >= 15 is 0 Å². The molecule has 0 amide bonds. The van der Waals surface area contributed by atoms with E-state index < -0.39 is 0 Å². The molecule has 0 unspecified atom stereocenters. The molecule has 94 valence electrons. The third kappa shape index (κ3) is 2.92. The summed E-state index contributed by atoms with van der Waals surface area (Å²) < 4.78 is 6.01. The van der Waals surface area contributed by atoms with E-state index in [4.69, 9.17) is 4.74 Å². The van der Waals surface area contributed by atoms with Gasteiger partial charge in [-0.25, -0.2) is 0 Å². The van der Waals surface area contributed by atoms with Gasteiger partial charge in [0.2, 0.25) is 0 Å². The van der Waals surface area contributed by atoms with Crippen molar-refractivity contribution in [3.05, 3.63) is 59.2 Å². The predicted molar refractivity (Wildman–Crippen MR) is 76.5 cm³/mol. The van der Waals surface area contributed by atoms with E-state index in [1.54, 1.807) is 0 Å². The summed E-state index contributed by atoms with van der Waals surface area (Å²) in [6.07, 6.45) is 0. The van der Waals surface area contributed by atoms with E-state index in [9.17, 15) is 0 Å². The Morgan fingerprint density at radius 1 is 0.833 bits per heavy atom. The molecule has 0 radical (unpaired) electrons. The summed E-state index contributed by atoms with van der Waals surface area (Å²) in [4.78, 5) is 0. The molecular weight excluding hydrogens is 220 g/mol. The van der Waals surface area contributed by atoms with Gasteiger partial charge in [-0.15, -0.1) is 0 Å². The zero-order valence-corrected chi connectivity index (χ0v) is 11.5. The van der Waals surface area contributed by atoms with Crippen LogP contribution < -0.4 is 4.74 Å².